The fourth-order valence-corrected chi connectivity index (χ4v) is 3.57. The van der Waals surface area contributed by atoms with E-state index in [9.17, 15) is 18.4 Å². The molecule has 0 aliphatic heterocycles. The highest BCUT2D eigenvalue weighted by molar-refractivity contribution is 7.13. The van der Waals surface area contributed by atoms with Crippen LogP contribution in [0.5, 0.6) is 0 Å². The van der Waals surface area contributed by atoms with Crippen LogP contribution in [0.25, 0.3) is 16.5 Å². The van der Waals surface area contributed by atoms with Gasteiger partial charge >= 0.3 is 0 Å². The van der Waals surface area contributed by atoms with Crippen LogP contribution >= 0.6 is 11.3 Å². The van der Waals surface area contributed by atoms with Gasteiger partial charge in [-0.1, -0.05) is 19.9 Å². The molecule has 3 aromatic heterocycles. The molecule has 0 saturated carbocycles. The number of nitrogens with one attached hydrogen (secondary N) is 2. The van der Waals surface area contributed by atoms with Gasteiger partial charge in [-0.05, 0) is 29.5 Å². The van der Waals surface area contributed by atoms with Crippen molar-refractivity contribution in [2.75, 3.05) is 5.32 Å². The average Bonchev–Trinajstić information content (AvgIpc) is 3.37. The summed E-state index contributed by atoms with van der Waals surface area (Å²) < 4.78 is 28.5. The molecular weight excluding hydrogens is 424 g/mol. The molecule has 0 atom stereocenters. The van der Waals surface area contributed by atoms with Crippen LogP contribution in [0.15, 0.2) is 52.6 Å². The highest BCUT2D eigenvalue weighted by Crippen LogP contribution is 2.28. The first-order valence-electron chi connectivity index (χ1n) is 9.34. The third kappa shape index (κ3) is 4.29. The Morgan fingerprint density at radius 3 is 2.68 bits per heavy atom. The SMILES string of the molecule is CC(C)c1cc(=O)[nH]c(-n2nc(-c3cccs3)cc2NC(=O)c2ccc(F)cc2F)n1. The molecule has 0 bridgehead atoms. The normalized spacial score (nSPS) is 11.1. The van der Waals surface area contributed by atoms with Crippen molar-refractivity contribution in [2.24, 2.45) is 0 Å². The number of H-pyrrole nitrogens is 1. The first-order valence-corrected chi connectivity index (χ1v) is 10.2. The number of halogens is 2. The second-order valence-electron chi connectivity index (χ2n) is 7.03. The molecule has 3 heterocycles. The molecule has 0 unspecified atom stereocenters. The fourth-order valence-electron chi connectivity index (χ4n) is 2.89. The van der Waals surface area contributed by atoms with Gasteiger partial charge in [-0.15, -0.1) is 11.3 Å². The van der Waals surface area contributed by atoms with Gasteiger partial charge in [0, 0.05) is 18.2 Å². The van der Waals surface area contributed by atoms with Gasteiger partial charge in [0.05, 0.1) is 16.1 Å². The number of thiophene rings is 1. The van der Waals surface area contributed by atoms with Crippen molar-refractivity contribution in [1.29, 1.82) is 0 Å². The van der Waals surface area contributed by atoms with Crippen molar-refractivity contribution in [3.63, 3.8) is 0 Å². The van der Waals surface area contributed by atoms with Gasteiger partial charge in [0.25, 0.3) is 11.5 Å². The molecule has 1 amide bonds. The van der Waals surface area contributed by atoms with Gasteiger partial charge in [0.15, 0.2) is 0 Å². The van der Waals surface area contributed by atoms with Crippen LogP contribution in [-0.2, 0) is 0 Å². The van der Waals surface area contributed by atoms with Gasteiger partial charge < -0.3 is 5.32 Å². The van der Waals surface area contributed by atoms with Crippen LogP contribution in [0.2, 0.25) is 0 Å². The Balaban J connectivity index is 1.80. The van der Waals surface area contributed by atoms with E-state index in [-0.39, 0.29) is 28.8 Å². The molecule has 1 aromatic carbocycles. The molecule has 4 aromatic rings. The Labute approximate surface area is 179 Å². The lowest BCUT2D eigenvalue weighted by atomic mass is 10.1. The molecule has 4 rings (SSSR count). The van der Waals surface area contributed by atoms with Crippen LogP contribution < -0.4 is 10.9 Å². The lowest BCUT2D eigenvalue weighted by molar-refractivity contribution is 0.102. The maximum Gasteiger partial charge on any atom is 0.259 e. The maximum atomic E-state index is 14.1. The standard InChI is InChI=1S/C21H17F2N5O2S/c1-11(2)15-10-19(29)26-21(24-15)28-18(9-16(27-28)17-4-3-7-31-17)25-20(30)13-6-5-12(22)8-14(13)23/h3-11H,1-2H3,(H,25,30)(H,24,26,29). The van der Waals surface area contributed by atoms with Crippen molar-refractivity contribution < 1.29 is 13.6 Å². The Hall–Kier alpha value is -3.66. The number of anilines is 1. The van der Waals surface area contributed by atoms with E-state index in [0.29, 0.717) is 17.5 Å². The summed E-state index contributed by atoms with van der Waals surface area (Å²) in [5.41, 5.74) is 0.379. The maximum absolute atomic E-state index is 14.1. The van der Waals surface area contributed by atoms with Crippen LogP contribution in [0, 0.1) is 11.6 Å². The van der Waals surface area contributed by atoms with E-state index in [1.54, 1.807) is 6.07 Å². The monoisotopic (exact) mass is 441 g/mol. The first-order chi connectivity index (χ1) is 14.8. The van der Waals surface area contributed by atoms with Gasteiger partial charge in [-0.25, -0.2) is 13.8 Å². The van der Waals surface area contributed by atoms with Crippen molar-refractivity contribution in [2.45, 2.75) is 19.8 Å². The lowest BCUT2D eigenvalue weighted by Gasteiger charge is -2.10. The summed E-state index contributed by atoms with van der Waals surface area (Å²) in [5.74, 6) is -2.31. The van der Waals surface area contributed by atoms with Crippen LogP contribution in [0.4, 0.5) is 14.6 Å². The summed E-state index contributed by atoms with van der Waals surface area (Å²) in [7, 11) is 0. The number of aromatic nitrogens is 4. The van der Waals surface area contributed by atoms with Gasteiger partial charge in [-0.3, -0.25) is 14.6 Å². The third-order valence-electron chi connectivity index (χ3n) is 4.44. The number of nitrogens with zero attached hydrogens (tertiary/aromatic N) is 3. The Kier molecular flexibility index (Phi) is 5.47. The Bertz CT molecular complexity index is 1310. The minimum Gasteiger partial charge on any atom is -0.306 e. The Morgan fingerprint density at radius 2 is 2.00 bits per heavy atom. The lowest BCUT2D eigenvalue weighted by Crippen LogP contribution is -2.20. The zero-order valence-corrected chi connectivity index (χ0v) is 17.3. The summed E-state index contributed by atoms with van der Waals surface area (Å²) in [6, 6.07) is 9.37. The molecule has 31 heavy (non-hydrogen) atoms. The number of hydrogen-bond donors (Lipinski definition) is 2. The molecule has 0 aliphatic carbocycles. The van der Waals surface area contributed by atoms with Gasteiger partial charge in [0.1, 0.15) is 23.1 Å². The summed E-state index contributed by atoms with van der Waals surface area (Å²) in [6.07, 6.45) is 0. The summed E-state index contributed by atoms with van der Waals surface area (Å²) >= 11 is 1.44. The van der Waals surface area contributed by atoms with E-state index < -0.39 is 17.5 Å². The molecule has 0 fully saturated rings. The fraction of sp³-hybridized carbons (Fsp3) is 0.143. The summed E-state index contributed by atoms with van der Waals surface area (Å²) in [6.45, 7) is 3.79. The van der Waals surface area contributed by atoms with Crippen molar-refractivity contribution in [3.8, 4) is 16.5 Å². The van der Waals surface area contributed by atoms with E-state index in [0.717, 1.165) is 17.0 Å². The number of benzene rings is 1. The topological polar surface area (TPSA) is 92.7 Å². The first kappa shape index (κ1) is 20.6. The third-order valence-corrected chi connectivity index (χ3v) is 5.33. The van der Waals surface area contributed by atoms with E-state index in [1.807, 2.05) is 31.4 Å². The second-order valence-corrected chi connectivity index (χ2v) is 7.98. The van der Waals surface area contributed by atoms with Gasteiger partial charge in [0.2, 0.25) is 5.95 Å². The van der Waals surface area contributed by atoms with Crippen molar-refractivity contribution >= 4 is 23.1 Å². The average molecular weight is 441 g/mol. The largest absolute Gasteiger partial charge is 0.306 e. The molecule has 7 nitrogen and oxygen atoms in total. The van der Waals surface area contributed by atoms with E-state index >= 15 is 0 Å². The zero-order valence-electron chi connectivity index (χ0n) is 16.5. The number of hydrogen-bond acceptors (Lipinski definition) is 5. The molecule has 0 radical (unpaired) electrons. The van der Waals surface area contributed by atoms with Crippen molar-refractivity contribution in [3.05, 3.63) is 81.1 Å². The second kappa shape index (κ2) is 8.23. The predicted molar refractivity (Wildman–Crippen MR) is 114 cm³/mol. The van der Waals surface area contributed by atoms with E-state index in [2.05, 4.69) is 20.4 Å². The Morgan fingerprint density at radius 1 is 1.19 bits per heavy atom. The highest BCUT2D eigenvalue weighted by Gasteiger charge is 2.19. The molecule has 10 heteroatoms. The minimum atomic E-state index is -0.990. The van der Waals surface area contributed by atoms with Crippen molar-refractivity contribution in [1.82, 2.24) is 19.7 Å². The zero-order chi connectivity index (χ0) is 22.1. The van der Waals surface area contributed by atoms with Crippen LogP contribution in [-0.4, -0.2) is 25.7 Å². The minimum absolute atomic E-state index is 0.0141. The van der Waals surface area contributed by atoms with E-state index in [4.69, 9.17) is 0 Å². The summed E-state index contributed by atoms with van der Waals surface area (Å²) in [4.78, 5) is 32.7. The highest BCUT2D eigenvalue weighted by atomic mass is 32.1. The van der Waals surface area contributed by atoms with Gasteiger partial charge in [-0.2, -0.15) is 9.78 Å². The molecular formula is C21H17F2N5O2S. The summed E-state index contributed by atoms with van der Waals surface area (Å²) in [5, 5.41) is 8.93. The number of carbonyl (C=O) groups is 1. The van der Waals surface area contributed by atoms with Crippen LogP contribution in [0.1, 0.15) is 35.8 Å². The smallest absolute Gasteiger partial charge is 0.259 e. The predicted octanol–water partition coefficient (Wildman–Crippen LogP) is 4.34. The molecule has 2 N–H and O–H groups in total. The number of aromatic amines is 1. The van der Waals surface area contributed by atoms with E-state index in [1.165, 1.54) is 22.1 Å². The molecule has 0 spiro atoms. The number of amides is 1. The number of carbonyl (C=O) groups excluding carboxylic acids is 1. The number of rotatable bonds is 5. The van der Waals surface area contributed by atoms with Crippen LogP contribution in [0.3, 0.4) is 0 Å². The molecule has 0 aliphatic rings. The quantitative estimate of drug-likeness (QED) is 0.482. The molecule has 158 valence electrons. The molecule has 0 saturated heterocycles.